The van der Waals surface area contributed by atoms with Crippen LogP contribution in [0.25, 0.3) is 0 Å². The Labute approximate surface area is 248 Å². The van der Waals surface area contributed by atoms with Crippen molar-refractivity contribution in [3.63, 3.8) is 0 Å². The van der Waals surface area contributed by atoms with Crippen LogP contribution in [0.4, 0.5) is 0 Å². The SMILES string of the molecule is CCCCCCC(=CCCCCCCCCCC(=O)O)CCCCCCC=CCCCCCCCCCC(=O)O. The third kappa shape index (κ3) is 32.6. The van der Waals surface area contributed by atoms with Gasteiger partial charge in [0.15, 0.2) is 0 Å². The van der Waals surface area contributed by atoms with Crippen LogP contribution in [-0.4, -0.2) is 22.2 Å². The number of rotatable bonds is 32. The molecule has 234 valence electrons. The van der Waals surface area contributed by atoms with E-state index in [0.29, 0.717) is 12.8 Å². The molecule has 0 saturated carbocycles. The zero-order valence-electron chi connectivity index (χ0n) is 26.4. The van der Waals surface area contributed by atoms with Crippen LogP contribution in [0.2, 0.25) is 0 Å². The molecule has 0 bridgehead atoms. The van der Waals surface area contributed by atoms with E-state index in [1.807, 2.05) is 0 Å². The summed E-state index contributed by atoms with van der Waals surface area (Å²) in [5.41, 5.74) is 1.71. The van der Waals surface area contributed by atoms with E-state index in [4.69, 9.17) is 10.2 Å². The number of aliphatic carboxylic acids is 2. The lowest BCUT2D eigenvalue weighted by molar-refractivity contribution is -0.138. The average molecular weight is 563 g/mol. The van der Waals surface area contributed by atoms with Crippen LogP contribution in [0.3, 0.4) is 0 Å². The minimum Gasteiger partial charge on any atom is -0.481 e. The molecule has 0 aliphatic carbocycles. The molecule has 0 aliphatic rings. The molecule has 0 aliphatic heterocycles. The summed E-state index contributed by atoms with van der Waals surface area (Å²) >= 11 is 0. The molecular formula is C36H66O4. The molecule has 0 aromatic carbocycles. The van der Waals surface area contributed by atoms with E-state index in [9.17, 15) is 9.59 Å². The van der Waals surface area contributed by atoms with Gasteiger partial charge in [-0.1, -0.05) is 127 Å². The van der Waals surface area contributed by atoms with Crippen molar-refractivity contribution in [1.82, 2.24) is 0 Å². The van der Waals surface area contributed by atoms with Gasteiger partial charge in [-0.15, -0.1) is 0 Å². The molecule has 0 rings (SSSR count). The van der Waals surface area contributed by atoms with Gasteiger partial charge >= 0.3 is 11.9 Å². The van der Waals surface area contributed by atoms with Gasteiger partial charge in [0.05, 0.1) is 0 Å². The summed E-state index contributed by atoms with van der Waals surface area (Å²) in [4.78, 5) is 21.1. The summed E-state index contributed by atoms with van der Waals surface area (Å²) < 4.78 is 0. The first-order valence-electron chi connectivity index (χ1n) is 17.3. The minimum atomic E-state index is -0.666. The molecule has 0 saturated heterocycles. The van der Waals surface area contributed by atoms with Crippen LogP contribution >= 0.6 is 0 Å². The first kappa shape index (κ1) is 38.4. The molecule has 0 aromatic heterocycles. The second-order valence-corrected chi connectivity index (χ2v) is 11.9. The minimum absolute atomic E-state index is 0.324. The second kappa shape index (κ2) is 31.9. The Balaban J connectivity index is 3.77. The molecule has 2 N–H and O–H groups in total. The molecule has 0 aromatic rings. The summed E-state index contributed by atoms with van der Waals surface area (Å²) in [5, 5.41) is 17.3. The molecule has 0 heterocycles. The van der Waals surface area contributed by atoms with Gasteiger partial charge in [0, 0.05) is 12.8 Å². The monoisotopic (exact) mass is 562 g/mol. The van der Waals surface area contributed by atoms with Crippen molar-refractivity contribution < 1.29 is 19.8 Å². The Hall–Kier alpha value is -1.58. The van der Waals surface area contributed by atoms with Gasteiger partial charge in [0.2, 0.25) is 0 Å². The molecular weight excluding hydrogens is 496 g/mol. The van der Waals surface area contributed by atoms with E-state index in [1.54, 1.807) is 5.57 Å². The first-order chi connectivity index (χ1) is 19.6. The molecule has 0 unspecified atom stereocenters. The Morgan fingerprint density at radius 3 is 1.15 bits per heavy atom. The zero-order chi connectivity index (χ0) is 29.4. The maximum atomic E-state index is 10.6. The normalized spacial score (nSPS) is 12.0. The largest absolute Gasteiger partial charge is 0.481 e. The Morgan fingerprint density at radius 2 is 0.750 bits per heavy atom. The molecule has 0 atom stereocenters. The van der Waals surface area contributed by atoms with Crippen LogP contribution in [0.5, 0.6) is 0 Å². The number of carbonyl (C=O) groups is 2. The van der Waals surface area contributed by atoms with E-state index < -0.39 is 11.9 Å². The number of hydrogen-bond acceptors (Lipinski definition) is 2. The third-order valence-corrected chi connectivity index (χ3v) is 7.93. The number of hydrogen-bond donors (Lipinski definition) is 2. The maximum absolute atomic E-state index is 10.6. The first-order valence-corrected chi connectivity index (χ1v) is 17.3. The van der Waals surface area contributed by atoms with Crippen molar-refractivity contribution in [2.45, 2.75) is 193 Å². The Kier molecular flexibility index (Phi) is 30.7. The standard InChI is InChI=1S/C36H66O4/c1-2-3-4-24-29-34(31-26-21-17-14-15-19-23-28-33-36(39)40)30-25-20-16-12-10-8-6-5-7-9-11-13-18-22-27-32-35(37)38/h6,8,31H,2-5,7,9-30,32-33H2,1H3,(H,37,38)(H,39,40). The highest BCUT2D eigenvalue weighted by Gasteiger charge is 2.01. The number of carboxylic acids is 2. The predicted molar refractivity (Wildman–Crippen MR) is 172 cm³/mol. The maximum Gasteiger partial charge on any atom is 0.303 e. The summed E-state index contributed by atoms with van der Waals surface area (Å²) in [5.74, 6) is -1.33. The van der Waals surface area contributed by atoms with Crippen LogP contribution in [-0.2, 0) is 9.59 Å². The summed E-state index contributed by atoms with van der Waals surface area (Å²) in [7, 11) is 0. The fraction of sp³-hybridized carbons (Fsp3) is 0.833. The summed E-state index contributed by atoms with van der Waals surface area (Å²) in [6.07, 6.45) is 41.4. The summed E-state index contributed by atoms with van der Waals surface area (Å²) in [6, 6.07) is 0. The highest BCUT2D eigenvalue weighted by molar-refractivity contribution is 5.66. The molecule has 0 radical (unpaired) electrons. The van der Waals surface area contributed by atoms with E-state index in [1.165, 1.54) is 148 Å². The lowest BCUT2D eigenvalue weighted by atomic mass is 9.98. The van der Waals surface area contributed by atoms with Crippen LogP contribution in [0.15, 0.2) is 23.8 Å². The number of allylic oxidation sites excluding steroid dienone is 4. The van der Waals surface area contributed by atoms with E-state index in [-0.39, 0.29) is 0 Å². The quantitative estimate of drug-likeness (QED) is 0.0631. The molecule has 0 amide bonds. The molecule has 4 nitrogen and oxygen atoms in total. The van der Waals surface area contributed by atoms with Crippen molar-refractivity contribution in [2.75, 3.05) is 0 Å². The third-order valence-electron chi connectivity index (χ3n) is 7.93. The van der Waals surface area contributed by atoms with Crippen LogP contribution in [0, 0.1) is 0 Å². The molecule has 4 heteroatoms. The van der Waals surface area contributed by atoms with Gasteiger partial charge in [0.25, 0.3) is 0 Å². The van der Waals surface area contributed by atoms with Gasteiger partial charge in [-0.05, 0) is 77.0 Å². The second-order valence-electron chi connectivity index (χ2n) is 11.9. The molecule has 40 heavy (non-hydrogen) atoms. The van der Waals surface area contributed by atoms with Gasteiger partial charge in [0.1, 0.15) is 0 Å². The van der Waals surface area contributed by atoms with E-state index >= 15 is 0 Å². The predicted octanol–water partition coefficient (Wildman–Crippen LogP) is 12.0. The smallest absolute Gasteiger partial charge is 0.303 e. The van der Waals surface area contributed by atoms with Crippen LogP contribution < -0.4 is 0 Å². The Morgan fingerprint density at radius 1 is 0.425 bits per heavy atom. The van der Waals surface area contributed by atoms with Crippen molar-refractivity contribution in [3.8, 4) is 0 Å². The molecule has 0 spiro atoms. The fourth-order valence-corrected chi connectivity index (χ4v) is 5.34. The topological polar surface area (TPSA) is 74.6 Å². The van der Waals surface area contributed by atoms with Crippen molar-refractivity contribution in [3.05, 3.63) is 23.8 Å². The lowest BCUT2D eigenvalue weighted by Gasteiger charge is -2.09. The van der Waals surface area contributed by atoms with Gasteiger partial charge in [-0.2, -0.15) is 0 Å². The fourth-order valence-electron chi connectivity index (χ4n) is 5.34. The van der Waals surface area contributed by atoms with Gasteiger partial charge in [-0.25, -0.2) is 0 Å². The van der Waals surface area contributed by atoms with Gasteiger partial charge in [-0.3, -0.25) is 9.59 Å². The highest BCUT2D eigenvalue weighted by Crippen LogP contribution is 2.20. The number of carboxylic acid groups (broad SMARTS) is 2. The average Bonchev–Trinajstić information content (AvgIpc) is 2.92. The number of unbranched alkanes of at least 4 members (excludes halogenated alkanes) is 21. The van der Waals surface area contributed by atoms with Crippen molar-refractivity contribution >= 4 is 11.9 Å². The van der Waals surface area contributed by atoms with E-state index in [0.717, 1.165) is 25.7 Å². The Bertz CT molecular complexity index is 622. The summed E-state index contributed by atoms with van der Waals surface area (Å²) in [6.45, 7) is 2.29. The molecule has 0 fully saturated rings. The van der Waals surface area contributed by atoms with Crippen molar-refractivity contribution in [2.24, 2.45) is 0 Å². The van der Waals surface area contributed by atoms with Gasteiger partial charge < -0.3 is 10.2 Å². The highest BCUT2D eigenvalue weighted by atomic mass is 16.4. The van der Waals surface area contributed by atoms with Crippen molar-refractivity contribution in [1.29, 1.82) is 0 Å². The zero-order valence-corrected chi connectivity index (χ0v) is 26.4. The van der Waals surface area contributed by atoms with Crippen LogP contribution in [0.1, 0.15) is 193 Å². The van der Waals surface area contributed by atoms with E-state index in [2.05, 4.69) is 25.2 Å². The lowest BCUT2D eigenvalue weighted by Crippen LogP contribution is -1.93.